The molecule has 20 heavy (non-hydrogen) atoms. The highest BCUT2D eigenvalue weighted by atomic mass is 35.5. The van der Waals surface area contributed by atoms with Crippen LogP contribution in [0.25, 0.3) is 0 Å². The van der Waals surface area contributed by atoms with Gasteiger partial charge in [0, 0.05) is 17.9 Å². The minimum atomic E-state index is 0. The Labute approximate surface area is 127 Å². The highest BCUT2D eigenvalue weighted by Gasteiger charge is 2.52. The monoisotopic (exact) mass is 285 g/mol. The lowest BCUT2D eigenvalue weighted by Gasteiger charge is -2.33. The standard InChI is InChI=1S/C18H19N.ClH/c1-19(2)12-18-11-15(13-7-3-5-9-16(13)18)14-8-4-6-10-17(14)18;/h3-10,15H,11-12H2,1-2H3;1H. The van der Waals surface area contributed by atoms with Crippen LogP contribution in [0.5, 0.6) is 0 Å². The van der Waals surface area contributed by atoms with E-state index in [0.29, 0.717) is 5.92 Å². The van der Waals surface area contributed by atoms with Crippen LogP contribution in [0.2, 0.25) is 0 Å². The van der Waals surface area contributed by atoms with Gasteiger partial charge < -0.3 is 4.90 Å². The Morgan fingerprint density at radius 3 is 1.95 bits per heavy atom. The van der Waals surface area contributed by atoms with Crippen LogP contribution < -0.4 is 0 Å². The first kappa shape index (κ1) is 13.7. The summed E-state index contributed by atoms with van der Waals surface area (Å²) < 4.78 is 0. The molecule has 2 aliphatic carbocycles. The van der Waals surface area contributed by atoms with Crippen LogP contribution in [-0.4, -0.2) is 25.5 Å². The van der Waals surface area contributed by atoms with Crippen LogP contribution in [0.15, 0.2) is 48.5 Å². The van der Waals surface area contributed by atoms with Crippen LogP contribution in [0.4, 0.5) is 0 Å². The molecule has 0 atom stereocenters. The number of likely N-dealkylation sites (N-methyl/N-ethyl adjacent to an activating group) is 1. The van der Waals surface area contributed by atoms with E-state index in [4.69, 9.17) is 0 Å². The van der Waals surface area contributed by atoms with E-state index in [1.807, 2.05) is 0 Å². The second kappa shape index (κ2) is 4.61. The van der Waals surface area contributed by atoms with Crippen molar-refractivity contribution in [3.63, 3.8) is 0 Å². The van der Waals surface area contributed by atoms with E-state index in [2.05, 4.69) is 67.5 Å². The quantitative estimate of drug-likeness (QED) is 0.811. The number of hydrogen-bond donors (Lipinski definition) is 0. The lowest BCUT2D eigenvalue weighted by atomic mass is 9.75. The summed E-state index contributed by atoms with van der Waals surface area (Å²) in [5.41, 5.74) is 6.47. The van der Waals surface area contributed by atoms with Gasteiger partial charge in [-0.15, -0.1) is 12.4 Å². The summed E-state index contributed by atoms with van der Waals surface area (Å²) in [5, 5.41) is 0. The fraction of sp³-hybridized carbons (Fsp3) is 0.333. The molecule has 2 aliphatic rings. The Balaban J connectivity index is 0.00000121. The van der Waals surface area contributed by atoms with Gasteiger partial charge in [0.15, 0.2) is 0 Å². The van der Waals surface area contributed by atoms with E-state index in [1.54, 1.807) is 22.3 Å². The molecule has 0 N–H and O–H groups in total. The van der Waals surface area contributed by atoms with Gasteiger partial charge in [-0.3, -0.25) is 0 Å². The molecule has 1 nitrogen and oxygen atoms in total. The normalized spacial score (nSPS) is 25.2. The third-order valence-electron chi connectivity index (χ3n) is 4.84. The van der Waals surface area contributed by atoms with E-state index in [-0.39, 0.29) is 17.8 Å². The number of fused-ring (bicyclic) bond motifs is 8. The number of benzene rings is 2. The largest absolute Gasteiger partial charge is 0.308 e. The molecule has 0 saturated heterocycles. The molecule has 0 fully saturated rings. The first-order valence-electron chi connectivity index (χ1n) is 7.06. The molecule has 0 saturated carbocycles. The summed E-state index contributed by atoms with van der Waals surface area (Å²) in [4.78, 5) is 2.33. The van der Waals surface area contributed by atoms with Crippen molar-refractivity contribution in [1.29, 1.82) is 0 Å². The molecule has 104 valence electrons. The Morgan fingerprint density at radius 1 is 0.950 bits per heavy atom. The third kappa shape index (κ3) is 1.60. The topological polar surface area (TPSA) is 3.24 Å². The molecule has 0 heterocycles. The molecule has 2 heteroatoms. The summed E-state index contributed by atoms with van der Waals surface area (Å²) in [6, 6.07) is 18.1. The van der Waals surface area contributed by atoms with Gasteiger partial charge in [-0.05, 0) is 42.8 Å². The first-order valence-corrected chi connectivity index (χ1v) is 7.06. The van der Waals surface area contributed by atoms with E-state index < -0.39 is 0 Å². The van der Waals surface area contributed by atoms with Gasteiger partial charge in [-0.25, -0.2) is 0 Å². The Hall–Kier alpha value is -1.31. The predicted octanol–water partition coefficient (Wildman–Crippen LogP) is 3.81. The summed E-state index contributed by atoms with van der Waals surface area (Å²) in [5.74, 6) is 0.618. The van der Waals surface area contributed by atoms with Gasteiger partial charge in [0.25, 0.3) is 0 Å². The van der Waals surface area contributed by atoms with Crippen LogP contribution in [-0.2, 0) is 5.41 Å². The molecule has 2 bridgehead atoms. The maximum absolute atomic E-state index is 2.34. The van der Waals surface area contributed by atoms with E-state index in [0.717, 1.165) is 6.54 Å². The average molecular weight is 286 g/mol. The molecule has 2 aromatic carbocycles. The van der Waals surface area contributed by atoms with Crippen LogP contribution in [0.3, 0.4) is 0 Å². The fourth-order valence-electron chi connectivity index (χ4n) is 4.35. The average Bonchev–Trinajstić information content (AvgIpc) is 2.91. The molecular formula is C18H20ClN. The molecule has 0 unspecified atom stereocenters. The van der Waals surface area contributed by atoms with Crippen molar-refractivity contribution >= 4 is 12.4 Å². The Morgan fingerprint density at radius 2 is 1.45 bits per heavy atom. The van der Waals surface area contributed by atoms with Crippen molar-refractivity contribution < 1.29 is 0 Å². The maximum atomic E-state index is 2.34. The van der Waals surface area contributed by atoms with Crippen LogP contribution in [0.1, 0.15) is 34.6 Å². The number of nitrogens with zero attached hydrogens (tertiary/aromatic N) is 1. The van der Waals surface area contributed by atoms with Gasteiger partial charge in [-0.1, -0.05) is 48.5 Å². The van der Waals surface area contributed by atoms with Crippen molar-refractivity contribution in [3.05, 3.63) is 70.8 Å². The van der Waals surface area contributed by atoms with Gasteiger partial charge >= 0.3 is 0 Å². The fourth-order valence-corrected chi connectivity index (χ4v) is 4.35. The highest BCUT2D eigenvalue weighted by molar-refractivity contribution is 5.85. The van der Waals surface area contributed by atoms with Crippen molar-refractivity contribution in [1.82, 2.24) is 4.90 Å². The van der Waals surface area contributed by atoms with Crippen LogP contribution >= 0.6 is 12.4 Å². The second-order valence-corrected chi connectivity index (χ2v) is 6.25. The summed E-state index contributed by atoms with van der Waals surface area (Å²) >= 11 is 0. The Kier molecular flexibility index (Phi) is 3.15. The molecule has 2 aromatic rings. The maximum Gasteiger partial charge on any atom is 0.0344 e. The minimum absolute atomic E-state index is 0. The SMILES string of the molecule is CN(C)CC12CC(c3ccccc31)c1ccccc12.Cl. The number of hydrogen-bond acceptors (Lipinski definition) is 1. The summed E-state index contributed by atoms with van der Waals surface area (Å²) in [6.45, 7) is 1.11. The molecule has 0 aliphatic heterocycles. The van der Waals surface area contributed by atoms with Crippen molar-refractivity contribution in [2.45, 2.75) is 17.8 Å². The Bertz CT molecular complexity index is 596. The van der Waals surface area contributed by atoms with Crippen molar-refractivity contribution in [2.24, 2.45) is 0 Å². The molecule has 0 radical (unpaired) electrons. The molecule has 0 spiro atoms. The second-order valence-electron chi connectivity index (χ2n) is 6.25. The zero-order valence-electron chi connectivity index (χ0n) is 12.0. The van der Waals surface area contributed by atoms with Gasteiger partial charge in [0.2, 0.25) is 0 Å². The first-order chi connectivity index (χ1) is 9.22. The lowest BCUT2D eigenvalue weighted by molar-refractivity contribution is 0.321. The number of rotatable bonds is 2. The summed E-state index contributed by atoms with van der Waals surface area (Å²) in [7, 11) is 4.37. The van der Waals surface area contributed by atoms with Gasteiger partial charge in [0.05, 0.1) is 0 Å². The van der Waals surface area contributed by atoms with E-state index in [1.165, 1.54) is 6.42 Å². The molecule has 0 aromatic heterocycles. The number of halogens is 1. The smallest absolute Gasteiger partial charge is 0.0344 e. The van der Waals surface area contributed by atoms with E-state index >= 15 is 0 Å². The van der Waals surface area contributed by atoms with Crippen LogP contribution in [0, 0.1) is 0 Å². The molecular weight excluding hydrogens is 266 g/mol. The van der Waals surface area contributed by atoms with Crippen molar-refractivity contribution in [2.75, 3.05) is 20.6 Å². The predicted molar refractivity (Wildman–Crippen MR) is 85.9 cm³/mol. The summed E-state index contributed by atoms with van der Waals surface area (Å²) in [6.07, 6.45) is 1.25. The molecule has 0 amide bonds. The van der Waals surface area contributed by atoms with E-state index in [9.17, 15) is 0 Å². The zero-order chi connectivity index (χ0) is 13.0. The zero-order valence-corrected chi connectivity index (χ0v) is 12.8. The lowest BCUT2D eigenvalue weighted by Crippen LogP contribution is -2.36. The highest BCUT2D eigenvalue weighted by Crippen LogP contribution is 2.60. The van der Waals surface area contributed by atoms with Crippen molar-refractivity contribution in [3.8, 4) is 0 Å². The molecule has 4 rings (SSSR count). The minimum Gasteiger partial charge on any atom is -0.308 e. The van der Waals surface area contributed by atoms with Gasteiger partial charge in [0.1, 0.15) is 0 Å². The third-order valence-corrected chi connectivity index (χ3v) is 4.84. The van der Waals surface area contributed by atoms with Gasteiger partial charge in [-0.2, -0.15) is 0 Å².